The van der Waals surface area contributed by atoms with Crippen molar-refractivity contribution in [2.45, 2.75) is 25.9 Å². The van der Waals surface area contributed by atoms with E-state index in [1.54, 1.807) is 11.9 Å². The van der Waals surface area contributed by atoms with E-state index in [0.717, 1.165) is 29.0 Å². The van der Waals surface area contributed by atoms with Crippen LogP contribution in [0.4, 0.5) is 11.4 Å². The smallest absolute Gasteiger partial charge is 0.226 e. The van der Waals surface area contributed by atoms with Gasteiger partial charge in [0.2, 0.25) is 5.91 Å². The summed E-state index contributed by atoms with van der Waals surface area (Å²) in [4.78, 5) is 11.9. The molecule has 0 fully saturated rings. The second-order valence-corrected chi connectivity index (χ2v) is 6.44. The number of hydrogen-bond acceptors (Lipinski definition) is 4. The van der Waals surface area contributed by atoms with Crippen molar-refractivity contribution in [3.05, 3.63) is 48.0 Å². The quantitative estimate of drug-likeness (QED) is 0.746. The highest BCUT2D eigenvalue weighted by Gasteiger charge is 2.20. The van der Waals surface area contributed by atoms with Gasteiger partial charge in [0.1, 0.15) is 0 Å². The van der Waals surface area contributed by atoms with Gasteiger partial charge in [0.25, 0.3) is 0 Å². The van der Waals surface area contributed by atoms with Crippen molar-refractivity contribution >= 4 is 29.2 Å². The largest absolute Gasteiger partial charge is 0.380 e. The molecule has 0 aliphatic carbocycles. The van der Waals surface area contributed by atoms with Gasteiger partial charge >= 0.3 is 0 Å². The molecular formula is C18H21N3OS. The van der Waals surface area contributed by atoms with Crippen molar-refractivity contribution in [1.82, 2.24) is 4.72 Å². The Bertz CT molecular complexity index is 700. The minimum Gasteiger partial charge on any atom is -0.380 e. The summed E-state index contributed by atoms with van der Waals surface area (Å²) in [6.07, 6.45) is 2.50. The zero-order chi connectivity index (χ0) is 16.2. The van der Waals surface area contributed by atoms with Crippen LogP contribution in [0.3, 0.4) is 0 Å². The molecule has 1 amide bonds. The average Bonchev–Trinajstić information content (AvgIpc) is 2.69. The lowest BCUT2D eigenvalue weighted by Gasteiger charge is -2.17. The van der Waals surface area contributed by atoms with Crippen LogP contribution < -0.4 is 15.4 Å². The highest BCUT2D eigenvalue weighted by Crippen LogP contribution is 2.36. The summed E-state index contributed by atoms with van der Waals surface area (Å²) >= 11 is 1.62. The molecule has 3 rings (SSSR count). The van der Waals surface area contributed by atoms with Gasteiger partial charge in [0.05, 0.1) is 11.4 Å². The first-order valence-electron chi connectivity index (χ1n) is 7.72. The highest BCUT2D eigenvalue weighted by molar-refractivity contribution is 7.96. The first-order valence-corrected chi connectivity index (χ1v) is 8.94. The summed E-state index contributed by atoms with van der Waals surface area (Å²) in [5.41, 5.74) is 5.36. The molecule has 1 heterocycles. The van der Waals surface area contributed by atoms with Gasteiger partial charge in [-0.2, -0.15) is 0 Å². The molecule has 0 saturated heterocycles. The van der Waals surface area contributed by atoms with Gasteiger partial charge in [-0.3, -0.25) is 9.52 Å². The van der Waals surface area contributed by atoms with E-state index in [2.05, 4.69) is 45.7 Å². The maximum Gasteiger partial charge on any atom is 0.226 e. The fourth-order valence-electron chi connectivity index (χ4n) is 2.79. The number of hydrogen-bond donors (Lipinski definition) is 3. The molecule has 0 radical (unpaired) electrons. The first-order chi connectivity index (χ1) is 11.2. The van der Waals surface area contributed by atoms with Crippen molar-refractivity contribution in [1.29, 1.82) is 0 Å². The Hall–Kier alpha value is -1.98. The van der Waals surface area contributed by atoms with Gasteiger partial charge in [-0.25, -0.2) is 0 Å². The van der Waals surface area contributed by atoms with Crippen molar-refractivity contribution in [3.63, 3.8) is 0 Å². The van der Waals surface area contributed by atoms with E-state index < -0.39 is 0 Å². The van der Waals surface area contributed by atoms with E-state index in [-0.39, 0.29) is 11.9 Å². The fourth-order valence-corrected chi connectivity index (χ4v) is 3.10. The van der Waals surface area contributed by atoms with E-state index in [1.165, 1.54) is 5.56 Å². The zero-order valence-electron chi connectivity index (χ0n) is 13.3. The molecule has 0 saturated carbocycles. The summed E-state index contributed by atoms with van der Waals surface area (Å²) in [6, 6.07) is 14.7. The highest BCUT2D eigenvalue weighted by atomic mass is 32.2. The number of rotatable bonds is 4. The number of para-hydroxylation sites is 1. The third-order valence-corrected chi connectivity index (χ3v) is 4.34. The van der Waals surface area contributed by atoms with Crippen LogP contribution in [0.2, 0.25) is 0 Å². The minimum absolute atomic E-state index is 0.0550. The first kappa shape index (κ1) is 15.9. The Morgan fingerprint density at radius 3 is 2.74 bits per heavy atom. The van der Waals surface area contributed by atoms with E-state index >= 15 is 0 Å². The van der Waals surface area contributed by atoms with Crippen molar-refractivity contribution < 1.29 is 4.79 Å². The molecule has 1 aliphatic heterocycles. The summed E-state index contributed by atoms with van der Waals surface area (Å²) < 4.78 is 3.25. The summed E-state index contributed by atoms with van der Waals surface area (Å²) in [5.74, 6) is 0.0550. The summed E-state index contributed by atoms with van der Waals surface area (Å²) in [6.45, 7) is 2.88. The number of carbonyl (C=O) groups is 1. The topological polar surface area (TPSA) is 53.2 Å². The predicted molar refractivity (Wildman–Crippen MR) is 98.6 cm³/mol. The van der Waals surface area contributed by atoms with E-state index in [4.69, 9.17) is 0 Å². The fraction of sp³-hybridized carbons (Fsp3) is 0.278. The Kier molecular flexibility index (Phi) is 4.88. The molecule has 0 aromatic heterocycles. The Labute approximate surface area is 141 Å². The third-order valence-electron chi connectivity index (χ3n) is 3.91. The van der Waals surface area contributed by atoms with Crippen LogP contribution in [0.1, 0.15) is 18.9 Å². The number of fused-ring (bicyclic) bond motifs is 1. The molecule has 2 aromatic carbocycles. The molecule has 1 atom stereocenters. The Morgan fingerprint density at radius 2 is 2.00 bits per heavy atom. The molecule has 23 heavy (non-hydrogen) atoms. The lowest BCUT2D eigenvalue weighted by Crippen LogP contribution is -2.19. The summed E-state index contributed by atoms with van der Waals surface area (Å²) in [5, 5.41) is 6.46. The van der Waals surface area contributed by atoms with Crippen LogP contribution in [-0.4, -0.2) is 18.2 Å². The number of anilines is 2. The molecule has 2 aromatic rings. The number of nitrogens with one attached hydrogen (secondary N) is 3. The number of amides is 1. The van der Waals surface area contributed by atoms with Gasteiger partial charge < -0.3 is 10.6 Å². The van der Waals surface area contributed by atoms with Crippen LogP contribution in [0.5, 0.6) is 0 Å². The minimum atomic E-state index is 0.0550. The molecule has 0 unspecified atom stereocenters. The van der Waals surface area contributed by atoms with Crippen molar-refractivity contribution in [2.24, 2.45) is 0 Å². The zero-order valence-corrected chi connectivity index (χ0v) is 14.2. The molecule has 0 spiro atoms. The Balaban J connectivity index is 1.94. The van der Waals surface area contributed by atoms with E-state index in [1.807, 2.05) is 25.3 Å². The second kappa shape index (κ2) is 7.06. The van der Waals surface area contributed by atoms with Crippen LogP contribution in [0.25, 0.3) is 11.1 Å². The van der Waals surface area contributed by atoms with Gasteiger partial charge in [0.15, 0.2) is 0 Å². The normalized spacial score (nSPS) is 17.0. The van der Waals surface area contributed by atoms with Crippen molar-refractivity contribution in [3.8, 4) is 11.1 Å². The van der Waals surface area contributed by atoms with Crippen LogP contribution in [-0.2, 0) is 11.3 Å². The van der Waals surface area contributed by atoms with E-state index in [9.17, 15) is 4.79 Å². The van der Waals surface area contributed by atoms with Crippen molar-refractivity contribution in [2.75, 3.05) is 16.9 Å². The maximum absolute atomic E-state index is 11.9. The second-order valence-electron chi connectivity index (χ2n) is 5.75. The van der Waals surface area contributed by atoms with Crippen LogP contribution in [0.15, 0.2) is 42.5 Å². The van der Waals surface area contributed by atoms with E-state index in [0.29, 0.717) is 6.42 Å². The average molecular weight is 327 g/mol. The Morgan fingerprint density at radius 1 is 1.22 bits per heavy atom. The third kappa shape index (κ3) is 3.68. The van der Waals surface area contributed by atoms with Crippen LogP contribution in [0, 0.1) is 0 Å². The van der Waals surface area contributed by atoms with Gasteiger partial charge in [-0.15, -0.1) is 0 Å². The monoisotopic (exact) mass is 327 g/mol. The molecule has 5 heteroatoms. The standard InChI is InChI=1S/C18H21N3OS/c1-12-10-17(22)21-16-5-3-4-15(18(16)20-12)14-8-6-13(7-9-14)11-19-23-2/h3-9,12,19-20H,10-11H2,1-2H3,(H,21,22)/t12-/m1/s1. The lowest BCUT2D eigenvalue weighted by molar-refractivity contribution is -0.116. The molecule has 3 N–H and O–H groups in total. The van der Waals surface area contributed by atoms with Gasteiger partial charge in [-0.05, 0) is 30.4 Å². The number of carbonyl (C=O) groups excluding carboxylic acids is 1. The predicted octanol–water partition coefficient (Wildman–Crippen LogP) is 3.86. The molecule has 120 valence electrons. The molecular weight excluding hydrogens is 306 g/mol. The van der Waals surface area contributed by atoms with Gasteiger partial charge in [0, 0.05) is 24.6 Å². The molecule has 1 aliphatic rings. The van der Waals surface area contributed by atoms with Gasteiger partial charge in [-0.1, -0.05) is 48.3 Å². The summed E-state index contributed by atoms with van der Waals surface area (Å²) in [7, 11) is 0. The van der Waals surface area contributed by atoms with Crippen LogP contribution >= 0.6 is 11.9 Å². The maximum atomic E-state index is 11.9. The SMILES string of the molecule is CSNCc1ccc(-c2cccc3c2N[C@H](C)CC(=O)N3)cc1. The lowest BCUT2D eigenvalue weighted by atomic mass is 10.0. The molecule has 0 bridgehead atoms. The number of benzene rings is 2. The molecule has 4 nitrogen and oxygen atoms in total.